The molecule has 1 aliphatic rings. The molecule has 1 atom stereocenters. The molecule has 9 nitrogen and oxygen atoms in total. The van der Waals surface area contributed by atoms with Crippen LogP contribution in [0, 0.1) is 0 Å². The number of hydrogen-bond acceptors (Lipinski definition) is 5. The monoisotopic (exact) mass is 498 g/mol. The molecular formula is C25H30N4O5S. The SMILES string of the molecule is Cn1c(=O)c2cc(S(=O)(=O)NC(Cc3ccccc3)C(=O)NC3CCCCC3)ccc2n(C)c1=O. The van der Waals surface area contributed by atoms with Crippen molar-refractivity contribution in [1.29, 1.82) is 0 Å². The lowest BCUT2D eigenvalue weighted by atomic mass is 9.95. The van der Waals surface area contributed by atoms with Crippen molar-refractivity contribution in [2.24, 2.45) is 14.1 Å². The van der Waals surface area contributed by atoms with Crippen LogP contribution in [0.5, 0.6) is 0 Å². The average Bonchev–Trinajstić information content (AvgIpc) is 2.86. The highest BCUT2D eigenvalue weighted by atomic mass is 32.2. The maximum absolute atomic E-state index is 13.4. The normalized spacial score (nSPS) is 15.7. The lowest BCUT2D eigenvalue weighted by Gasteiger charge is -2.26. The third-order valence-electron chi connectivity index (χ3n) is 6.60. The van der Waals surface area contributed by atoms with Crippen LogP contribution in [-0.4, -0.2) is 35.5 Å². The van der Waals surface area contributed by atoms with E-state index in [0.717, 1.165) is 42.2 Å². The maximum Gasteiger partial charge on any atom is 0.330 e. The smallest absolute Gasteiger partial charge is 0.330 e. The van der Waals surface area contributed by atoms with Crippen LogP contribution in [0.3, 0.4) is 0 Å². The Morgan fingerprint density at radius 3 is 2.37 bits per heavy atom. The van der Waals surface area contributed by atoms with E-state index in [1.807, 2.05) is 30.3 Å². The van der Waals surface area contributed by atoms with Gasteiger partial charge in [-0.3, -0.25) is 18.7 Å². The third-order valence-corrected chi connectivity index (χ3v) is 8.07. The number of carbonyl (C=O) groups excluding carboxylic acids is 1. The van der Waals surface area contributed by atoms with Crippen LogP contribution >= 0.6 is 0 Å². The molecule has 0 saturated heterocycles. The fraction of sp³-hybridized carbons (Fsp3) is 0.400. The molecule has 1 heterocycles. The molecule has 2 aromatic carbocycles. The lowest BCUT2D eigenvalue weighted by molar-refractivity contribution is -0.123. The van der Waals surface area contributed by atoms with Crippen LogP contribution in [0.1, 0.15) is 37.7 Å². The Bertz CT molecular complexity index is 1450. The van der Waals surface area contributed by atoms with Gasteiger partial charge in [-0.2, -0.15) is 4.72 Å². The van der Waals surface area contributed by atoms with Gasteiger partial charge in [0.2, 0.25) is 15.9 Å². The van der Waals surface area contributed by atoms with Gasteiger partial charge in [0.15, 0.2) is 0 Å². The molecule has 10 heteroatoms. The number of sulfonamides is 1. The Hall–Kier alpha value is -3.24. The summed E-state index contributed by atoms with van der Waals surface area (Å²) in [7, 11) is -1.30. The minimum Gasteiger partial charge on any atom is -0.352 e. The highest BCUT2D eigenvalue weighted by Crippen LogP contribution is 2.19. The predicted molar refractivity (Wildman–Crippen MR) is 134 cm³/mol. The van der Waals surface area contributed by atoms with Crippen LogP contribution < -0.4 is 21.3 Å². The number of rotatable bonds is 7. The van der Waals surface area contributed by atoms with Crippen LogP contribution in [0.25, 0.3) is 10.9 Å². The highest BCUT2D eigenvalue weighted by molar-refractivity contribution is 7.89. The van der Waals surface area contributed by atoms with Crippen LogP contribution in [-0.2, 0) is 35.3 Å². The summed E-state index contributed by atoms with van der Waals surface area (Å²) in [4.78, 5) is 37.9. The summed E-state index contributed by atoms with van der Waals surface area (Å²) in [5, 5.41) is 3.12. The number of fused-ring (bicyclic) bond motifs is 1. The number of benzene rings is 2. The van der Waals surface area contributed by atoms with Gasteiger partial charge < -0.3 is 5.32 Å². The van der Waals surface area contributed by atoms with Crippen molar-refractivity contribution < 1.29 is 13.2 Å². The lowest BCUT2D eigenvalue weighted by Crippen LogP contribution is -2.51. The third kappa shape index (κ3) is 5.38. The predicted octanol–water partition coefficient (Wildman–Crippen LogP) is 1.58. The Kier molecular flexibility index (Phi) is 7.23. The van der Waals surface area contributed by atoms with Gasteiger partial charge in [0.05, 0.1) is 15.8 Å². The first-order valence-corrected chi connectivity index (χ1v) is 13.2. The number of hydrogen-bond donors (Lipinski definition) is 2. The first-order valence-electron chi connectivity index (χ1n) is 11.7. The second kappa shape index (κ2) is 10.2. The molecule has 1 aliphatic carbocycles. The van der Waals surface area contributed by atoms with E-state index in [2.05, 4.69) is 10.0 Å². The molecule has 1 saturated carbocycles. The van der Waals surface area contributed by atoms with E-state index in [0.29, 0.717) is 5.52 Å². The van der Waals surface area contributed by atoms with Gasteiger partial charge in [-0.1, -0.05) is 49.6 Å². The quantitative estimate of drug-likeness (QED) is 0.513. The zero-order valence-corrected chi connectivity index (χ0v) is 20.7. The second-order valence-corrected chi connectivity index (χ2v) is 10.8. The Labute approximate surface area is 203 Å². The molecule has 4 rings (SSSR count). The number of nitrogens with one attached hydrogen (secondary N) is 2. The van der Waals surface area contributed by atoms with Crippen LogP contribution in [0.15, 0.2) is 63.0 Å². The molecule has 1 aromatic heterocycles. The Morgan fingerprint density at radius 1 is 1.00 bits per heavy atom. The maximum atomic E-state index is 13.4. The summed E-state index contributed by atoms with van der Waals surface area (Å²) in [5.74, 6) is -0.372. The fourth-order valence-corrected chi connectivity index (χ4v) is 5.80. The van der Waals surface area contributed by atoms with Crippen LogP contribution in [0.2, 0.25) is 0 Å². The van der Waals surface area contributed by atoms with Gasteiger partial charge in [0.1, 0.15) is 6.04 Å². The van der Waals surface area contributed by atoms with Gasteiger partial charge in [-0.25, -0.2) is 13.2 Å². The topological polar surface area (TPSA) is 119 Å². The molecule has 1 amide bonds. The van der Waals surface area contributed by atoms with Crippen molar-refractivity contribution in [2.75, 3.05) is 0 Å². The van der Waals surface area contributed by atoms with Gasteiger partial charge >= 0.3 is 5.69 Å². The summed E-state index contributed by atoms with van der Waals surface area (Å²) in [6.45, 7) is 0. The minimum absolute atomic E-state index is 0.0315. The summed E-state index contributed by atoms with van der Waals surface area (Å²) in [6.07, 6.45) is 5.15. The molecule has 186 valence electrons. The van der Waals surface area contributed by atoms with E-state index < -0.39 is 27.3 Å². The molecular weight excluding hydrogens is 468 g/mol. The van der Waals surface area contributed by atoms with E-state index in [1.165, 1.54) is 36.9 Å². The molecule has 0 bridgehead atoms. The highest BCUT2D eigenvalue weighted by Gasteiger charge is 2.28. The number of amides is 1. The molecule has 2 N–H and O–H groups in total. The van der Waals surface area contributed by atoms with Gasteiger partial charge in [0, 0.05) is 20.1 Å². The first-order chi connectivity index (χ1) is 16.7. The van der Waals surface area contributed by atoms with Crippen molar-refractivity contribution in [3.05, 3.63) is 74.9 Å². The first kappa shape index (κ1) is 24.9. The van der Waals surface area contributed by atoms with E-state index in [1.54, 1.807) is 0 Å². The second-order valence-electron chi connectivity index (χ2n) is 9.09. The van der Waals surface area contributed by atoms with Gasteiger partial charge in [0.25, 0.3) is 5.56 Å². The number of aromatic nitrogens is 2. The largest absolute Gasteiger partial charge is 0.352 e. The zero-order valence-electron chi connectivity index (χ0n) is 19.9. The molecule has 3 aromatic rings. The van der Waals surface area contributed by atoms with E-state index in [9.17, 15) is 22.8 Å². The molecule has 1 unspecified atom stereocenters. The Balaban J connectivity index is 1.66. The summed E-state index contributed by atoms with van der Waals surface area (Å²) >= 11 is 0. The molecule has 1 fully saturated rings. The summed E-state index contributed by atoms with van der Waals surface area (Å²) in [5.41, 5.74) is 0.0591. The fourth-order valence-electron chi connectivity index (χ4n) is 4.58. The summed E-state index contributed by atoms with van der Waals surface area (Å²) < 4.78 is 31.5. The molecule has 0 spiro atoms. The van der Waals surface area contributed by atoms with Crippen molar-refractivity contribution in [2.45, 2.75) is 55.5 Å². The number of aryl methyl sites for hydroxylation is 1. The molecule has 0 aliphatic heterocycles. The minimum atomic E-state index is -4.16. The van der Waals surface area contributed by atoms with Crippen LogP contribution in [0.4, 0.5) is 0 Å². The zero-order chi connectivity index (χ0) is 25.2. The number of nitrogens with zero attached hydrogens (tertiary/aromatic N) is 2. The van der Waals surface area contributed by atoms with Gasteiger partial charge in [-0.05, 0) is 43.0 Å². The number of carbonyl (C=O) groups is 1. The van der Waals surface area contributed by atoms with Gasteiger partial charge in [-0.15, -0.1) is 0 Å². The van der Waals surface area contributed by atoms with Crippen molar-refractivity contribution in [1.82, 2.24) is 19.2 Å². The molecule has 0 radical (unpaired) electrons. The van der Waals surface area contributed by atoms with Crippen molar-refractivity contribution in [3.63, 3.8) is 0 Å². The van der Waals surface area contributed by atoms with Crippen molar-refractivity contribution >= 4 is 26.8 Å². The summed E-state index contributed by atoms with van der Waals surface area (Å²) in [6, 6.07) is 12.2. The molecule has 35 heavy (non-hydrogen) atoms. The average molecular weight is 499 g/mol. The Morgan fingerprint density at radius 2 is 1.69 bits per heavy atom. The van der Waals surface area contributed by atoms with Crippen molar-refractivity contribution in [3.8, 4) is 0 Å². The van der Waals surface area contributed by atoms with E-state index >= 15 is 0 Å². The van der Waals surface area contributed by atoms with E-state index in [-0.39, 0.29) is 28.7 Å². The standard InChI is InChI=1S/C25H30N4O5S/c1-28-22-14-13-19(16-20(22)24(31)29(2)25(28)32)35(33,34)27-21(15-17-9-5-3-6-10-17)23(30)26-18-11-7-4-8-12-18/h3,5-6,9-10,13-14,16,18,21,27H,4,7-8,11-12,15H2,1-2H3,(H,26,30). The van der Waals surface area contributed by atoms with E-state index in [4.69, 9.17) is 0 Å².